The van der Waals surface area contributed by atoms with Gasteiger partial charge in [-0.15, -0.1) is 0 Å². The molecule has 0 radical (unpaired) electrons. The molecule has 0 saturated carbocycles. The van der Waals surface area contributed by atoms with E-state index in [4.69, 9.17) is 0 Å². The Morgan fingerprint density at radius 2 is 2.12 bits per heavy atom. The van der Waals surface area contributed by atoms with Crippen molar-refractivity contribution in [1.82, 2.24) is 14.9 Å². The van der Waals surface area contributed by atoms with Crippen LogP contribution in [0.5, 0.6) is 0 Å². The number of aromatic nitrogens is 2. The standard InChI is InChI=1S/C20H25N5/c1-4-18-7-8-19(15(2)22-18)23-16(3)24-20-13-17(9-10-21-20)14-25-11-5-6-12-25/h4,7-10,13H,1,5-6,11-12,14H2,2-3H3,(H,21,23,24). The molecule has 1 saturated heterocycles. The minimum atomic E-state index is 0.732. The van der Waals surface area contributed by atoms with Crippen LogP contribution in [0.1, 0.15) is 36.7 Å². The number of anilines is 1. The van der Waals surface area contributed by atoms with E-state index >= 15 is 0 Å². The Balaban J connectivity index is 1.70. The van der Waals surface area contributed by atoms with E-state index in [-0.39, 0.29) is 0 Å². The Hall–Kier alpha value is -2.53. The van der Waals surface area contributed by atoms with Crippen LogP contribution >= 0.6 is 0 Å². The fraction of sp³-hybridized carbons (Fsp3) is 0.350. The van der Waals surface area contributed by atoms with Gasteiger partial charge in [0.1, 0.15) is 5.84 Å². The minimum absolute atomic E-state index is 0.732. The zero-order valence-electron chi connectivity index (χ0n) is 15.0. The molecule has 2 aromatic rings. The van der Waals surface area contributed by atoms with Crippen molar-refractivity contribution in [3.05, 3.63) is 54.0 Å². The molecule has 0 aromatic carbocycles. The number of nitrogens with one attached hydrogen (secondary N) is 1. The summed E-state index contributed by atoms with van der Waals surface area (Å²) >= 11 is 0. The van der Waals surface area contributed by atoms with E-state index in [0.717, 1.165) is 35.3 Å². The summed E-state index contributed by atoms with van der Waals surface area (Å²) in [5.41, 5.74) is 3.99. The van der Waals surface area contributed by atoms with Gasteiger partial charge in [0.15, 0.2) is 5.82 Å². The predicted octanol–water partition coefficient (Wildman–Crippen LogP) is 4.19. The second-order valence-electron chi connectivity index (χ2n) is 6.40. The van der Waals surface area contributed by atoms with Crippen LogP contribution in [0.3, 0.4) is 0 Å². The normalized spacial score (nSPS) is 15.4. The Labute approximate surface area is 149 Å². The average molecular weight is 335 g/mol. The Morgan fingerprint density at radius 1 is 1.32 bits per heavy atom. The van der Waals surface area contributed by atoms with E-state index in [1.54, 1.807) is 6.08 Å². The third-order valence-corrected chi connectivity index (χ3v) is 4.33. The maximum atomic E-state index is 4.60. The molecule has 130 valence electrons. The van der Waals surface area contributed by atoms with Gasteiger partial charge in [0, 0.05) is 12.7 Å². The number of nitrogens with zero attached hydrogens (tertiary/aromatic N) is 4. The lowest BCUT2D eigenvalue weighted by Crippen LogP contribution is -2.18. The largest absolute Gasteiger partial charge is 0.342 e. The second-order valence-corrected chi connectivity index (χ2v) is 6.40. The van der Waals surface area contributed by atoms with Gasteiger partial charge in [-0.2, -0.15) is 0 Å². The first-order valence-electron chi connectivity index (χ1n) is 8.74. The van der Waals surface area contributed by atoms with Gasteiger partial charge in [-0.3, -0.25) is 9.88 Å². The van der Waals surface area contributed by atoms with Crippen LogP contribution < -0.4 is 5.32 Å². The monoisotopic (exact) mass is 335 g/mol. The molecule has 0 spiro atoms. The zero-order chi connectivity index (χ0) is 17.6. The summed E-state index contributed by atoms with van der Waals surface area (Å²) in [5.74, 6) is 1.53. The molecule has 5 heteroatoms. The molecule has 0 unspecified atom stereocenters. The molecule has 1 aliphatic heterocycles. The molecule has 0 atom stereocenters. The van der Waals surface area contributed by atoms with Gasteiger partial charge in [0.05, 0.1) is 17.1 Å². The summed E-state index contributed by atoms with van der Waals surface area (Å²) in [6.45, 7) is 11.0. The molecule has 1 fully saturated rings. The summed E-state index contributed by atoms with van der Waals surface area (Å²) in [7, 11) is 0. The van der Waals surface area contributed by atoms with Crippen molar-refractivity contribution in [1.29, 1.82) is 0 Å². The summed E-state index contributed by atoms with van der Waals surface area (Å²) in [6, 6.07) is 8.07. The Kier molecular flexibility index (Phi) is 5.56. The highest BCUT2D eigenvalue weighted by molar-refractivity contribution is 5.95. The molecular formula is C20H25N5. The number of aliphatic imine (C=N–C) groups is 1. The fourth-order valence-electron chi connectivity index (χ4n) is 3.04. The predicted molar refractivity (Wildman–Crippen MR) is 104 cm³/mol. The van der Waals surface area contributed by atoms with E-state index in [9.17, 15) is 0 Å². The van der Waals surface area contributed by atoms with Crippen LogP contribution in [0.25, 0.3) is 6.08 Å². The molecule has 0 bridgehead atoms. The first kappa shape index (κ1) is 17.3. The van der Waals surface area contributed by atoms with Gasteiger partial charge in [0.25, 0.3) is 0 Å². The van der Waals surface area contributed by atoms with Gasteiger partial charge < -0.3 is 5.32 Å². The lowest BCUT2D eigenvalue weighted by atomic mass is 10.2. The van der Waals surface area contributed by atoms with Crippen molar-refractivity contribution in [3.8, 4) is 0 Å². The number of aryl methyl sites for hydroxylation is 1. The minimum Gasteiger partial charge on any atom is -0.342 e. The smallest absolute Gasteiger partial charge is 0.154 e. The highest BCUT2D eigenvalue weighted by atomic mass is 15.1. The third-order valence-electron chi connectivity index (χ3n) is 4.33. The molecule has 3 rings (SSSR count). The van der Waals surface area contributed by atoms with Crippen LogP contribution in [-0.2, 0) is 6.54 Å². The van der Waals surface area contributed by atoms with Gasteiger partial charge in [-0.05, 0) is 75.7 Å². The average Bonchev–Trinajstić information content (AvgIpc) is 3.10. The first-order chi connectivity index (χ1) is 12.1. The van der Waals surface area contributed by atoms with Crippen molar-refractivity contribution in [2.45, 2.75) is 33.2 Å². The molecule has 25 heavy (non-hydrogen) atoms. The summed E-state index contributed by atoms with van der Waals surface area (Å²) in [4.78, 5) is 15.9. The number of likely N-dealkylation sites (tertiary alicyclic amines) is 1. The van der Waals surface area contributed by atoms with E-state index in [1.165, 1.54) is 31.5 Å². The topological polar surface area (TPSA) is 53.4 Å². The number of amidine groups is 1. The van der Waals surface area contributed by atoms with Gasteiger partial charge in [-0.1, -0.05) is 6.58 Å². The third kappa shape index (κ3) is 4.73. The molecule has 5 nitrogen and oxygen atoms in total. The number of hydrogen-bond acceptors (Lipinski definition) is 4. The Morgan fingerprint density at radius 3 is 2.84 bits per heavy atom. The van der Waals surface area contributed by atoms with Crippen molar-refractivity contribution < 1.29 is 0 Å². The van der Waals surface area contributed by atoms with Crippen LogP contribution in [0, 0.1) is 6.92 Å². The highest BCUT2D eigenvalue weighted by Crippen LogP contribution is 2.17. The van der Waals surface area contributed by atoms with E-state index < -0.39 is 0 Å². The second kappa shape index (κ2) is 8.03. The van der Waals surface area contributed by atoms with E-state index in [2.05, 4.69) is 43.9 Å². The Bertz CT molecular complexity index is 775. The van der Waals surface area contributed by atoms with Gasteiger partial charge in [0.2, 0.25) is 0 Å². The molecule has 2 aromatic heterocycles. The van der Waals surface area contributed by atoms with Crippen LogP contribution in [0.15, 0.2) is 42.0 Å². The van der Waals surface area contributed by atoms with Crippen molar-refractivity contribution in [3.63, 3.8) is 0 Å². The molecular weight excluding hydrogens is 310 g/mol. The number of hydrogen-bond donors (Lipinski definition) is 1. The van der Waals surface area contributed by atoms with Crippen LogP contribution in [0.2, 0.25) is 0 Å². The maximum absolute atomic E-state index is 4.60. The fourth-order valence-corrected chi connectivity index (χ4v) is 3.04. The SMILES string of the molecule is C=Cc1ccc(NC(C)=Nc2cc(CN3CCCC3)ccn2)c(C)n1. The van der Waals surface area contributed by atoms with Crippen molar-refractivity contribution in [2.75, 3.05) is 18.4 Å². The number of pyridine rings is 2. The lowest BCUT2D eigenvalue weighted by Gasteiger charge is -2.14. The van der Waals surface area contributed by atoms with Crippen molar-refractivity contribution in [2.24, 2.45) is 4.99 Å². The van der Waals surface area contributed by atoms with Gasteiger partial charge >= 0.3 is 0 Å². The molecule has 1 N–H and O–H groups in total. The summed E-state index contributed by atoms with van der Waals surface area (Å²) in [6.07, 6.45) is 6.19. The molecule has 0 aliphatic carbocycles. The summed E-state index contributed by atoms with van der Waals surface area (Å²) in [5, 5.41) is 3.31. The van der Waals surface area contributed by atoms with Crippen LogP contribution in [-0.4, -0.2) is 33.8 Å². The highest BCUT2D eigenvalue weighted by Gasteiger charge is 2.12. The molecule has 1 aliphatic rings. The van der Waals surface area contributed by atoms with E-state index in [0.29, 0.717) is 0 Å². The van der Waals surface area contributed by atoms with Gasteiger partial charge in [-0.25, -0.2) is 9.98 Å². The van der Waals surface area contributed by atoms with Crippen molar-refractivity contribution >= 4 is 23.4 Å². The summed E-state index contributed by atoms with van der Waals surface area (Å²) < 4.78 is 0. The number of rotatable bonds is 5. The maximum Gasteiger partial charge on any atom is 0.154 e. The zero-order valence-corrected chi connectivity index (χ0v) is 15.0. The lowest BCUT2D eigenvalue weighted by molar-refractivity contribution is 0.331. The molecule has 0 amide bonds. The quantitative estimate of drug-likeness (QED) is 0.658. The first-order valence-corrected chi connectivity index (χ1v) is 8.74. The molecule has 3 heterocycles. The van der Waals surface area contributed by atoms with Crippen LogP contribution in [0.4, 0.5) is 11.5 Å². The van der Waals surface area contributed by atoms with E-state index in [1.807, 2.05) is 32.2 Å².